The van der Waals surface area contributed by atoms with Crippen LogP contribution in [0.1, 0.15) is 31.7 Å². The molecular weight excluding hydrogens is 319 g/mol. The van der Waals surface area contributed by atoms with Gasteiger partial charge in [0, 0.05) is 37.0 Å². The maximum absolute atomic E-state index is 13.0. The lowest BCUT2D eigenvalue weighted by molar-refractivity contribution is -0.141. The van der Waals surface area contributed by atoms with Crippen LogP contribution in [0.5, 0.6) is 0 Å². The highest BCUT2D eigenvalue weighted by atomic mass is 19.4. The smallest absolute Gasteiger partial charge is 0.370 e. The lowest BCUT2D eigenvalue weighted by Crippen LogP contribution is -2.19. The number of aromatic nitrogens is 3. The van der Waals surface area contributed by atoms with Crippen molar-refractivity contribution in [3.05, 3.63) is 41.9 Å². The van der Waals surface area contributed by atoms with Gasteiger partial charge < -0.3 is 10.6 Å². The van der Waals surface area contributed by atoms with E-state index in [2.05, 4.69) is 25.6 Å². The molecule has 2 N–H and O–H groups in total. The fourth-order valence-corrected chi connectivity index (χ4v) is 1.93. The summed E-state index contributed by atoms with van der Waals surface area (Å²) in [4.78, 5) is 11.8. The van der Waals surface area contributed by atoms with Gasteiger partial charge in [0.25, 0.3) is 0 Å². The van der Waals surface area contributed by atoms with Crippen molar-refractivity contribution in [2.24, 2.45) is 0 Å². The normalized spacial score (nSPS) is 12.7. The van der Waals surface area contributed by atoms with Crippen LogP contribution in [-0.2, 0) is 12.6 Å². The highest BCUT2D eigenvalue weighted by Crippen LogP contribution is 2.29. The predicted octanol–water partition coefficient (Wildman–Crippen LogP) is 3.76. The molecule has 0 bridgehead atoms. The van der Waals surface area contributed by atoms with Crippen LogP contribution >= 0.6 is 0 Å². The average Bonchev–Trinajstić information content (AvgIpc) is 2.55. The van der Waals surface area contributed by atoms with Gasteiger partial charge in [0.1, 0.15) is 5.82 Å². The second-order valence-electron chi connectivity index (χ2n) is 5.41. The van der Waals surface area contributed by atoms with Gasteiger partial charge in [0.15, 0.2) is 5.69 Å². The van der Waals surface area contributed by atoms with E-state index < -0.39 is 11.9 Å². The molecule has 2 aromatic heterocycles. The second kappa shape index (κ2) is 7.94. The van der Waals surface area contributed by atoms with Crippen molar-refractivity contribution >= 4 is 11.8 Å². The Morgan fingerprint density at radius 1 is 1.21 bits per heavy atom. The third-order valence-electron chi connectivity index (χ3n) is 3.42. The van der Waals surface area contributed by atoms with E-state index >= 15 is 0 Å². The SMILES string of the molecule is CC[C@@H](C)Nc1nc(NCCc2ccccn2)cc(C(F)(F)F)n1. The van der Waals surface area contributed by atoms with Gasteiger partial charge in [0.05, 0.1) is 0 Å². The first-order valence-corrected chi connectivity index (χ1v) is 7.75. The van der Waals surface area contributed by atoms with Crippen LogP contribution in [0.4, 0.5) is 24.9 Å². The highest BCUT2D eigenvalue weighted by molar-refractivity contribution is 5.43. The summed E-state index contributed by atoms with van der Waals surface area (Å²) in [6.45, 7) is 4.21. The molecule has 0 aliphatic rings. The molecule has 0 radical (unpaired) electrons. The highest BCUT2D eigenvalue weighted by Gasteiger charge is 2.33. The summed E-state index contributed by atoms with van der Waals surface area (Å²) in [7, 11) is 0. The molecule has 0 unspecified atom stereocenters. The Morgan fingerprint density at radius 3 is 2.62 bits per heavy atom. The van der Waals surface area contributed by atoms with Gasteiger partial charge in [-0.2, -0.15) is 18.2 Å². The van der Waals surface area contributed by atoms with Gasteiger partial charge in [-0.25, -0.2) is 4.98 Å². The summed E-state index contributed by atoms with van der Waals surface area (Å²) in [6.07, 6.45) is -1.51. The molecule has 8 heteroatoms. The molecule has 2 rings (SSSR count). The number of hydrogen-bond acceptors (Lipinski definition) is 5. The Balaban J connectivity index is 2.10. The van der Waals surface area contributed by atoms with E-state index in [-0.39, 0.29) is 17.8 Å². The number of halogens is 3. The number of anilines is 2. The third-order valence-corrected chi connectivity index (χ3v) is 3.42. The van der Waals surface area contributed by atoms with Gasteiger partial charge in [-0.1, -0.05) is 13.0 Å². The van der Waals surface area contributed by atoms with Crippen molar-refractivity contribution in [2.75, 3.05) is 17.2 Å². The monoisotopic (exact) mass is 339 g/mol. The quantitative estimate of drug-likeness (QED) is 0.804. The molecular formula is C16H20F3N5. The van der Waals surface area contributed by atoms with Crippen LogP contribution in [0.25, 0.3) is 0 Å². The molecule has 5 nitrogen and oxygen atoms in total. The molecule has 0 spiro atoms. The van der Waals surface area contributed by atoms with Crippen molar-refractivity contribution in [3.8, 4) is 0 Å². The van der Waals surface area contributed by atoms with Gasteiger partial charge in [0.2, 0.25) is 5.95 Å². The zero-order valence-corrected chi connectivity index (χ0v) is 13.6. The fourth-order valence-electron chi connectivity index (χ4n) is 1.93. The minimum atomic E-state index is -4.52. The maximum Gasteiger partial charge on any atom is 0.433 e. The molecule has 0 saturated carbocycles. The Morgan fingerprint density at radius 2 is 2.00 bits per heavy atom. The summed E-state index contributed by atoms with van der Waals surface area (Å²) in [5.41, 5.74) is -0.114. The Hall–Kier alpha value is -2.38. The molecule has 0 aliphatic heterocycles. The summed E-state index contributed by atoms with van der Waals surface area (Å²) in [5, 5.41) is 5.78. The van der Waals surface area contributed by atoms with E-state index in [0.29, 0.717) is 13.0 Å². The number of hydrogen-bond donors (Lipinski definition) is 2. The summed E-state index contributed by atoms with van der Waals surface area (Å²) >= 11 is 0. The molecule has 0 aliphatic carbocycles. The van der Waals surface area contributed by atoms with Gasteiger partial charge in [-0.15, -0.1) is 0 Å². The summed E-state index contributed by atoms with van der Waals surface area (Å²) < 4.78 is 39.0. The van der Waals surface area contributed by atoms with Crippen LogP contribution in [-0.4, -0.2) is 27.5 Å². The van der Waals surface area contributed by atoms with Crippen molar-refractivity contribution in [3.63, 3.8) is 0 Å². The number of alkyl halides is 3. The second-order valence-corrected chi connectivity index (χ2v) is 5.41. The fraction of sp³-hybridized carbons (Fsp3) is 0.438. The maximum atomic E-state index is 13.0. The van der Waals surface area contributed by atoms with E-state index in [0.717, 1.165) is 18.2 Å². The average molecular weight is 339 g/mol. The van der Waals surface area contributed by atoms with Crippen LogP contribution in [0, 0.1) is 0 Å². The van der Waals surface area contributed by atoms with Crippen molar-refractivity contribution in [1.82, 2.24) is 15.0 Å². The molecule has 0 saturated heterocycles. The van der Waals surface area contributed by atoms with Crippen LogP contribution in [0.2, 0.25) is 0 Å². The molecule has 0 fully saturated rings. The minimum Gasteiger partial charge on any atom is -0.370 e. The van der Waals surface area contributed by atoms with E-state index in [1.165, 1.54) is 0 Å². The van der Waals surface area contributed by atoms with Gasteiger partial charge >= 0.3 is 6.18 Å². The van der Waals surface area contributed by atoms with Crippen molar-refractivity contribution < 1.29 is 13.2 Å². The molecule has 24 heavy (non-hydrogen) atoms. The minimum absolute atomic E-state index is 0.0187. The van der Waals surface area contributed by atoms with Crippen molar-refractivity contribution in [1.29, 1.82) is 0 Å². The van der Waals surface area contributed by atoms with E-state index in [9.17, 15) is 13.2 Å². The first-order chi connectivity index (χ1) is 11.4. The topological polar surface area (TPSA) is 62.7 Å². The van der Waals surface area contributed by atoms with Crippen LogP contribution in [0.3, 0.4) is 0 Å². The molecule has 130 valence electrons. The number of nitrogens with one attached hydrogen (secondary N) is 2. The summed E-state index contributed by atoms with van der Waals surface area (Å²) in [5.74, 6) is 0.110. The van der Waals surface area contributed by atoms with Gasteiger partial charge in [-0.3, -0.25) is 4.98 Å². The first kappa shape index (κ1) is 18.0. The van der Waals surface area contributed by atoms with Crippen LogP contribution in [0.15, 0.2) is 30.5 Å². The van der Waals surface area contributed by atoms with E-state index in [4.69, 9.17) is 0 Å². The Bertz CT molecular complexity index is 646. The molecule has 0 aromatic carbocycles. The molecule has 2 aromatic rings. The predicted molar refractivity (Wildman–Crippen MR) is 86.8 cm³/mol. The van der Waals surface area contributed by atoms with Crippen LogP contribution < -0.4 is 10.6 Å². The zero-order chi connectivity index (χ0) is 17.6. The van der Waals surface area contributed by atoms with Gasteiger partial charge in [-0.05, 0) is 25.5 Å². The molecule has 0 amide bonds. The number of rotatable bonds is 7. The van der Waals surface area contributed by atoms with E-state index in [1.807, 2.05) is 32.0 Å². The standard InChI is InChI=1S/C16H20F3N5/c1-3-11(2)22-15-23-13(16(17,18)19)10-14(24-15)21-9-7-12-6-4-5-8-20-12/h4-6,8,10-11H,3,7,9H2,1-2H3,(H2,21,22,23,24)/t11-/m1/s1. The Labute approximate surface area is 138 Å². The lowest BCUT2D eigenvalue weighted by atomic mass is 10.2. The molecule has 2 heterocycles. The molecule has 1 atom stereocenters. The lowest BCUT2D eigenvalue weighted by Gasteiger charge is -2.15. The van der Waals surface area contributed by atoms with E-state index in [1.54, 1.807) is 6.20 Å². The van der Waals surface area contributed by atoms with Crippen molar-refractivity contribution in [2.45, 2.75) is 38.9 Å². The number of nitrogens with zero attached hydrogens (tertiary/aromatic N) is 3. The summed E-state index contributed by atoms with van der Waals surface area (Å²) in [6, 6.07) is 6.43. The Kier molecular flexibility index (Phi) is 5.94. The third kappa shape index (κ3) is 5.36. The number of pyridine rings is 1. The largest absolute Gasteiger partial charge is 0.433 e. The zero-order valence-electron chi connectivity index (χ0n) is 13.6. The first-order valence-electron chi connectivity index (χ1n) is 7.75.